The first-order chi connectivity index (χ1) is 14.5. The van der Waals surface area contributed by atoms with Crippen LogP contribution in [0.3, 0.4) is 0 Å². The fraction of sp³-hybridized carbons (Fsp3) is 0.522. The molecular formula is C23H34N6O. The predicted molar refractivity (Wildman–Crippen MR) is 121 cm³/mol. The summed E-state index contributed by atoms with van der Waals surface area (Å²) in [4.78, 5) is 19.3. The average Bonchev–Trinajstić information content (AvgIpc) is 3.01. The highest BCUT2D eigenvalue weighted by molar-refractivity contribution is 5.94. The lowest BCUT2D eigenvalue weighted by Crippen LogP contribution is -2.37. The lowest BCUT2D eigenvalue weighted by atomic mass is 10.1. The summed E-state index contributed by atoms with van der Waals surface area (Å²) >= 11 is 0. The molecule has 1 amide bonds. The molecule has 2 heterocycles. The van der Waals surface area contributed by atoms with E-state index in [9.17, 15) is 4.79 Å². The van der Waals surface area contributed by atoms with Crippen LogP contribution in [0.4, 0.5) is 0 Å². The van der Waals surface area contributed by atoms with Gasteiger partial charge in [-0.1, -0.05) is 12.1 Å². The highest BCUT2D eigenvalue weighted by Crippen LogP contribution is 2.14. The van der Waals surface area contributed by atoms with E-state index in [-0.39, 0.29) is 5.91 Å². The lowest BCUT2D eigenvalue weighted by molar-refractivity contribution is 0.0724. The van der Waals surface area contributed by atoms with E-state index in [1.54, 1.807) is 0 Å². The van der Waals surface area contributed by atoms with Crippen molar-refractivity contribution in [3.8, 4) is 0 Å². The van der Waals surface area contributed by atoms with Gasteiger partial charge in [0.05, 0.1) is 12.2 Å². The van der Waals surface area contributed by atoms with E-state index < -0.39 is 0 Å². The molecule has 0 atom stereocenters. The molecule has 0 spiro atoms. The summed E-state index contributed by atoms with van der Waals surface area (Å²) in [5.41, 5.74) is 5.23. The van der Waals surface area contributed by atoms with E-state index in [0.717, 1.165) is 61.0 Å². The Balaban J connectivity index is 1.60. The minimum Gasteiger partial charge on any atom is -0.357 e. The van der Waals surface area contributed by atoms with Gasteiger partial charge < -0.3 is 15.5 Å². The highest BCUT2D eigenvalue weighted by atomic mass is 16.2. The van der Waals surface area contributed by atoms with E-state index >= 15 is 0 Å². The molecule has 0 radical (unpaired) electrons. The number of aromatic nitrogens is 2. The van der Waals surface area contributed by atoms with E-state index in [1.807, 2.05) is 47.8 Å². The topological polar surface area (TPSA) is 74.6 Å². The zero-order chi connectivity index (χ0) is 21.5. The van der Waals surface area contributed by atoms with Crippen molar-refractivity contribution in [3.63, 3.8) is 0 Å². The highest BCUT2D eigenvalue weighted by Gasteiger charge is 2.17. The Labute approximate surface area is 179 Å². The molecule has 162 valence electrons. The van der Waals surface area contributed by atoms with Crippen LogP contribution in [0.5, 0.6) is 0 Å². The van der Waals surface area contributed by atoms with E-state index in [2.05, 4.69) is 29.6 Å². The monoisotopic (exact) mass is 410 g/mol. The maximum Gasteiger partial charge on any atom is 0.253 e. The summed E-state index contributed by atoms with van der Waals surface area (Å²) in [6.45, 7) is 9.93. The normalized spacial score (nSPS) is 14.7. The van der Waals surface area contributed by atoms with Crippen molar-refractivity contribution in [1.29, 1.82) is 0 Å². The van der Waals surface area contributed by atoms with Gasteiger partial charge in [-0.3, -0.25) is 9.48 Å². The molecule has 2 aromatic rings. The van der Waals surface area contributed by atoms with Crippen molar-refractivity contribution in [3.05, 3.63) is 52.3 Å². The Morgan fingerprint density at radius 1 is 1.10 bits per heavy atom. The molecule has 2 N–H and O–H groups in total. The Morgan fingerprint density at radius 2 is 1.80 bits per heavy atom. The minimum atomic E-state index is 0.141. The number of aryl methyl sites for hydroxylation is 2. The molecule has 1 aliphatic heterocycles. The Kier molecular flexibility index (Phi) is 7.49. The van der Waals surface area contributed by atoms with Gasteiger partial charge in [0.1, 0.15) is 0 Å². The number of hydrogen-bond donors (Lipinski definition) is 2. The van der Waals surface area contributed by atoms with Crippen LogP contribution in [0.25, 0.3) is 0 Å². The maximum absolute atomic E-state index is 12.6. The fourth-order valence-corrected chi connectivity index (χ4v) is 3.79. The smallest absolute Gasteiger partial charge is 0.253 e. The first-order valence-electron chi connectivity index (χ1n) is 10.9. The molecule has 7 heteroatoms. The van der Waals surface area contributed by atoms with Crippen LogP contribution >= 0.6 is 0 Å². The zero-order valence-electron chi connectivity index (χ0n) is 18.7. The summed E-state index contributed by atoms with van der Waals surface area (Å²) in [7, 11) is 1.96. The quantitative estimate of drug-likeness (QED) is 0.567. The maximum atomic E-state index is 12.6. The third-order valence-electron chi connectivity index (χ3n) is 5.70. The largest absolute Gasteiger partial charge is 0.357 e. The number of piperidine rings is 1. The second-order valence-electron chi connectivity index (χ2n) is 7.87. The van der Waals surface area contributed by atoms with Crippen LogP contribution in [-0.4, -0.2) is 46.2 Å². The number of benzene rings is 1. The Hall–Kier alpha value is -2.83. The summed E-state index contributed by atoms with van der Waals surface area (Å²) in [6, 6.07) is 7.84. The molecule has 7 nitrogen and oxygen atoms in total. The van der Waals surface area contributed by atoms with Gasteiger partial charge in [-0.25, -0.2) is 4.99 Å². The molecule has 0 saturated carbocycles. The molecule has 0 aliphatic carbocycles. The summed E-state index contributed by atoms with van der Waals surface area (Å²) in [5, 5.41) is 11.2. The average molecular weight is 411 g/mol. The second kappa shape index (κ2) is 10.3. The molecule has 1 aromatic heterocycles. The van der Waals surface area contributed by atoms with Crippen LogP contribution in [0.2, 0.25) is 0 Å². The van der Waals surface area contributed by atoms with Crippen molar-refractivity contribution in [2.75, 3.05) is 19.6 Å². The van der Waals surface area contributed by atoms with Crippen LogP contribution in [-0.2, 0) is 20.1 Å². The SMILES string of the molecule is CCNC(=NCc1ccc(C(=O)N2CCCCC2)cc1)NCc1c(C)nn(C)c1C. The van der Waals surface area contributed by atoms with Gasteiger partial charge in [0, 0.05) is 50.0 Å². The molecule has 1 aromatic carbocycles. The van der Waals surface area contributed by atoms with Crippen molar-refractivity contribution >= 4 is 11.9 Å². The molecule has 1 fully saturated rings. The molecule has 0 bridgehead atoms. The number of carbonyl (C=O) groups is 1. The molecule has 3 rings (SSSR count). The van der Waals surface area contributed by atoms with Gasteiger partial charge in [-0.15, -0.1) is 0 Å². The number of aliphatic imine (C=N–C) groups is 1. The molecule has 0 unspecified atom stereocenters. The van der Waals surface area contributed by atoms with E-state index in [4.69, 9.17) is 4.99 Å². The standard InChI is InChI=1S/C23H34N6O/c1-5-24-23(26-16-21-17(2)27-28(4)18(21)3)25-15-19-9-11-20(12-10-19)22(30)29-13-7-6-8-14-29/h9-12H,5-8,13-16H2,1-4H3,(H2,24,25,26). The third kappa shape index (κ3) is 5.40. The van der Waals surface area contributed by atoms with Gasteiger partial charge in [0.25, 0.3) is 5.91 Å². The summed E-state index contributed by atoms with van der Waals surface area (Å²) < 4.78 is 1.91. The van der Waals surface area contributed by atoms with Crippen LogP contribution in [0.15, 0.2) is 29.3 Å². The van der Waals surface area contributed by atoms with Crippen LogP contribution < -0.4 is 10.6 Å². The van der Waals surface area contributed by atoms with Gasteiger partial charge in [0.2, 0.25) is 0 Å². The molecular weight excluding hydrogens is 376 g/mol. The summed E-state index contributed by atoms with van der Waals surface area (Å²) in [6.07, 6.45) is 3.44. The first kappa shape index (κ1) is 21.9. The van der Waals surface area contributed by atoms with Gasteiger partial charge in [0.15, 0.2) is 5.96 Å². The van der Waals surface area contributed by atoms with E-state index in [0.29, 0.717) is 13.1 Å². The number of carbonyl (C=O) groups excluding carboxylic acids is 1. The first-order valence-corrected chi connectivity index (χ1v) is 10.9. The third-order valence-corrected chi connectivity index (χ3v) is 5.70. The van der Waals surface area contributed by atoms with Crippen LogP contribution in [0.1, 0.15) is 59.1 Å². The number of guanidine groups is 1. The summed E-state index contributed by atoms with van der Waals surface area (Å²) in [5.74, 6) is 0.913. The molecule has 1 saturated heterocycles. The van der Waals surface area contributed by atoms with Gasteiger partial charge in [-0.2, -0.15) is 5.10 Å². The second-order valence-corrected chi connectivity index (χ2v) is 7.87. The van der Waals surface area contributed by atoms with Crippen LogP contribution in [0, 0.1) is 13.8 Å². The number of amides is 1. The Bertz CT molecular complexity index is 878. The van der Waals surface area contributed by atoms with Gasteiger partial charge in [-0.05, 0) is 57.7 Å². The minimum absolute atomic E-state index is 0.141. The number of rotatable bonds is 6. The van der Waals surface area contributed by atoms with Crippen molar-refractivity contribution in [2.45, 2.75) is 53.1 Å². The predicted octanol–water partition coefficient (Wildman–Crippen LogP) is 2.92. The number of likely N-dealkylation sites (tertiary alicyclic amines) is 1. The molecule has 30 heavy (non-hydrogen) atoms. The number of hydrogen-bond acceptors (Lipinski definition) is 3. The number of nitrogens with zero attached hydrogens (tertiary/aromatic N) is 4. The van der Waals surface area contributed by atoms with Gasteiger partial charge >= 0.3 is 0 Å². The van der Waals surface area contributed by atoms with Crippen molar-refractivity contribution < 1.29 is 4.79 Å². The molecule has 1 aliphatic rings. The Morgan fingerprint density at radius 3 is 2.40 bits per heavy atom. The fourth-order valence-electron chi connectivity index (χ4n) is 3.79. The van der Waals surface area contributed by atoms with E-state index in [1.165, 1.54) is 12.0 Å². The number of nitrogens with one attached hydrogen (secondary N) is 2. The van der Waals surface area contributed by atoms with Crippen molar-refractivity contribution in [2.24, 2.45) is 12.0 Å². The zero-order valence-corrected chi connectivity index (χ0v) is 18.7. The lowest BCUT2D eigenvalue weighted by Gasteiger charge is -2.26. The van der Waals surface area contributed by atoms with Crippen molar-refractivity contribution in [1.82, 2.24) is 25.3 Å².